The van der Waals surface area contributed by atoms with Crippen LogP contribution in [-0.4, -0.2) is 0 Å². The maximum Gasteiger partial charge on any atom is 0.136 e. The summed E-state index contributed by atoms with van der Waals surface area (Å²) in [4.78, 5) is 0. The zero-order valence-electron chi connectivity index (χ0n) is 75.7. The molecule has 139 heavy (non-hydrogen) atoms. The van der Waals surface area contributed by atoms with Crippen molar-refractivity contribution < 1.29 is 13.3 Å². The summed E-state index contributed by atoms with van der Waals surface area (Å²) in [6.07, 6.45) is 0. The van der Waals surface area contributed by atoms with Crippen LogP contribution in [0.5, 0.6) is 0 Å². The van der Waals surface area contributed by atoms with Crippen molar-refractivity contribution in [3.05, 3.63) is 510 Å². The molecule has 0 amide bonds. The highest BCUT2D eigenvalue weighted by molar-refractivity contribution is 6.28. The first-order valence-electron chi connectivity index (χ1n) is 47.8. The molecule has 646 valence electrons. The first-order chi connectivity index (χ1) is 69.0. The SMILES string of the molecule is c1ccc(-c2c3ccccc3c(-c3cccc4cc(-c5cccc6oc7ccccc7c56)ccc34)c3ccccc23)cc1.c1ccc(-c2ccc(-c3c4ccccc4c(-c4cccc5cc(-c6cccc7oc8ccccc8c67)ccc45)c4ccccc34)cc2)cc1.c1ccc2cc(-c3c4ccccc4c(-c4cccc5cc(-c6cccc7oc8ccccc8c67)ccc45)c4ccccc34)ccc2c1. The van der Waals surface area contributed by atoms with Crippen LogP contribution in [0.3, 0.4) is 0 Å². The molecule has 0 spiro atoms. The number of rotatable bonds is 10. The molecule has 0 atom stereocenters. The Labute approximate surface area is 801 Å². The molecule has 3 heteroatoms. The summed E-state index contributed by atoms with van der Waals surface area (Å²) in [5, 5.41) is 32.0. The molecule has 29 aromatic rings. The van der Waals surface area contributed by atoms with Crippen molar-refractivity contribution in [2.75, 3.05) is 0 Å². The maximum atomic E-state index is 6.23. The largest absolute Gasteiger partial charge is 0.456 e. The average molecular weight is 1770 g/mol. The van der Waals surface area contributed by atoms with E-state index in [2.05, 4.69) is 473 Å². The lowest BCUT2D eigenvalue weighted by molar-refractivity contribution is 0.668. The lowest BCUT2D eigenvalue weighted by atomic mass is 9.84. The molecule has 0 saturated heterocycles. The van der Waals surface area contributed by atoms with E-state index in [9.17, 15) is 0 Å². The second kappa shape index (κ2) is 33.4. The molecule has 0 saturated carbocycles. The van der Waals surface area contributed by atoms with Crippen molar-refractivity contribution in [1.29, 1.82) is 0 Å². The average Bonchev–Trinajstić information content (AvgIpc) is 0.783. The molecule has 0 aliphatic heterocycles. The van der Waals surface area contributed by atoms with E-state index in [-0.39, 0.29) is 0 Å². The Balaban J connectivity index is 0.000000105. The minimum atomic E-state index is 0.917. The predicted octanol–water partition coefficient (Wildman–Crippen LogP) is 39.0. The van der Waals surface area contributed by atoms with Crippen LogP contribution in [0.4, 0.5) is 0 Å². The zero-order valence-corrected chi connectivity index (χ0v) is 75.7. The molecule has 0 bridgehead atoms. The maximum absolute atomic E-state index is 6.23. The van der Waals surface area contributed by atoms with Gasteiger partial charge in [0.1, 0.15) is 33.5 Å². The Bertz CT molecular complexity index is 9860. The van der Waals surface area contributed by atoms with Crippen LogP contribution in [0.25, 0.3) is 285 Å². The third kappa shape index (κ3) is 13.6. The third-order valence-electron chi connectivity index (χ3n) is 28.8. The molecule has 0 aliphatic carbocycles. The molecular formula is C136H84O3. The summed E-state index contributed by atoms with van der Waals surface area (Å²) in [6, 6.07) is 184. The van der Waals surface area contributed by atoms with Gasteiger partial charge in [-0.15, -0.1) is 0 Å². The van der Waals surface area contributed by atoms with Crippen LogP contribution in [0.1, 0.15) is 0 Å². The van der Waals surface area contributed by atoms with Gasteiger partial charge in [0.05, 0.1) is 0 Å². The van der Waals surface area contributed by atoms with E-state index in [1.165, 1.54) is 230 Å². The predicted molar refractivity (Wildman–Crippen MR) is 591 cm³/mol. The Morgan fingerprint density at radius 1 is 0.101 bits per heavy atom. The van der Waals surface area contributed by atoms with Crippen molar-refractivity contribution in [3.63, 3.8) is 0 Å². The standard InChI is InChI=1S/C48H30O.C46H28O.C42H26O/c1-2-12-31(13-3-1)32-24-26-33(27-25-32)46-39-15-4-6-17-41(39)47(42-18-7-5-16-40(42)46)38-21-10-14-34-30-35(28-29-36(34)38)37-20-11-23-45-48(37)43-19-8-9-22-44(43)49-45;1-2-12-30-27-33(24-23-29(30)11-1)44-37-14-3-5-16-39(37)45(40-17-6-4-15-38(40)44)36-20-9-13-31-28-32(25-26-34(31)36)35-19-10-22-43-46(35)41-18-7-8-21-42(41)47-43;1-2-12-27(13-3-1)40-33-15-4-6-17-35(33)41(36-18-7-5-16-34(36)40)32-21-10-14-28-26-29(24-25-30(28)32)31-20-11-23-39-42(31)37-19-8-9-22-38(37)43-39/h1-30H;1-28H;1-26H. The van der Waals surface area contributed by atoms with E-state index < -0.39 is 0 Å². The first kappa shape index (κ1) is 80.4. The van der Waals surface area contributed by atoms with E-state index in [1.807, 2.05) is 36.4 Å². The summed E-state index contributed by atoms with van der Waals surface area (Å²) in [7, 11) is 0. The second-order valence-electron chi connectivity index (χ2n) is 36.5. The van der Waals surface area contributed by atoms with Crippen molar-refractivity contribution in [1.82, 2.24) is 0 Å². The van der Waals surface area contributed by atoms with Crippen LogP contribution in [0, 0.1) is 0 Å². The smallest absolute Gasteiger partial charge is 0.136 e. The number of hydrogen-bond donors (Lipinski definition) is 0. The van der Waals surface area contributed by atoms with Crippen LogP contribution < -0.4 is 0 Å². The fourth-order valence-corrected chi connectivity index (χ4v) is 22.7. The van der Waals surface area contributed by atoms with Crippen molar-refractivity contribution >= 4 is 174 Å². The van der Waals surface area contributed by atoms with Crippen LogP contribution in [-0.2, 0) is 0 Å². The molecule has 3 nitrogen and oxygen atoms in total. The summed E-state index contributed by atoms with van der Waals surface area (Å²) < 4.78 is 18.7. The molecule has 26 aromatic carbocycles. The van der Waals surface area contributed by atoms with Crippen molar-refractivity contribution in [3.8, 4) is 111 Å². The Kier molecular flexibility index (Phi) is 19.3. The lowest BCUT2D eigenvalue weighted by Crippen LogP contribution is -1.92. The quantitative estimate of drug-likeness (QED) is 0.128. The van der Waals surface area contributed by atoms with Gasteiger partial charge >= 0.3 is 0 Å². The Morgan fingerprint density at radius 2 is 0.317 bits per heavy atom. The fourth-order valence-electron chi connectivity index (χ4n) is 22.7. The summed E-state index contributed by atoms with van der Waals surface area (Å²) >= 11 is 0. The normalized spacial score (nSPS) is 11.7. The Hall–Kier alpha value is -18.3. The van der Waals surface area contributed by atoms with E-state index in [4.69, 9.17) is 13.3 Å². The highest BCUT2D eigenvalue weighted by atomic mass is 16.3. The number of benzene rings is 26. The summed E-state index contributed by atoms with van der Waals surface area (Å²) in [6.45, 7) is 0. The summed E-state index contributed by atoms with van der Waals surface area (Å²) in [5.74, 6) is 0. The van der Waals surface area contributed by atoms with Crippen LogP contribution in [0.2, 0.25) is 0 Å². The third-order valence-corrected chi connectivity index (χ3v) is 28.8. The van der Waals surface area contributed by atoms with E-state index in [0.29, 0.717) is 0 Å². The van der Waals surface area contributed by atoms with Crippen molar-refractivity contribution in [2.45, 2.75) is 0 Å². The topological polar surface area (TPSA) is 39.4 Å². The first-order valence-corrected chi connectivity index (χ1v) is 47.8. The van der Waals surface area contributed by atoms with E-state index in [0.717, 1.165) is 55.0 Å². The minimum absolute atomic E-state index is 0.917. The van der Waals surface area contributed by atoms with Gasteiger partial charge in [0, 0.05) is 32.3 Å². The van der Waals surface area contributed by atoms with Gasteiger partial charge in [-0.25, -0.2) is 0 Å². The lowest BCUT2D eigenvalue weighted by Gasteiger charge is -2.19. The van der Waals surface area contributed by atoms with E-state index >= 15 is 0 Å². The molecule has 3 aromatic heterocycles. The molecule has 0 N–H and O–H groups in total. The molecular weight excluding hydrogens is 1680 g/mol. The molecule has 0 unspecified atom stereocenters. The van der Waals surface area contributed by atoms with Crippen LogP contribution in [0.15, 0.2) is 523 Å². The van der Waals surface area contributed by atoms with Gasteiger partial charge in [0.2, 0.25) is 0 Å². The zero-order chi connectivity index (χ0) is 91.5. The molecule has 0 fully saturated rings. The van der Waals surface area contributed by atoms with E-state index in [1.54, 1.807) is 0 Å². The second-order valence-corrected chi connectivity index (χ2v) is 36.5. The summed E-state index contributed by atoms with van der Waals surface area (Å²) in [5.41, 5.74) is 30.2. The highest BCUT2D eigenvalue weighted by Crippen LogP contribution is 2.53. The van der Waals surface area contributed by atoms with Gasteiger partial charge in [-0.3, -0.25) is 0 Å². The molecule has 3 heterocycles. The number of furan rings is 3. The number of fused-ring (bicyclic) bond motifs is 19. The number of para-hydroxylation sites is 3. The molecule has 29 rings (SSSR count). The van der Waals surface area contributed by atoms with Gasteiger partial charge in [0.15, 0.2) is 0 Å². The van der Waals surface area contributed by atoms with Gasteiger partial charge in [-0.1, -0.05) is 449 Å². The highest BCUT2D eigenvalue weighted by Gasteiger charge is 2.26. The monoisotopic (exact) mass is 1760 g/mol. The fraction of sp³-hybridized carbons (Fsp3) is 0. The van der Waals surface area contributed by atoms with Gasteiger partial charge in [0.25, 0.3) is 0 Å². The molecule has 0 aliphatic rings. The molecule has 0 radical (unpaired) electrons. The van der Waals surface area contributed by atoms with Crippen LogP contribution >= 0.6 is 0 Å². The van der Waals surface area contributed by atoms with Gasteiger partial charge in [-0.2, -0.15) is 0 Å². The Morgan fingerprint density at radius 3 is 0.662 bits per heavy atom. The van der Waals surface area contributed by atoms with Gasteiger partial charge < -0.3 is 13.3 Å². The van der Waals surface area contributed by atoms with Gasteiger partial charge in [-0.05, 0) is 280 Å². The minimum Gasteiger partial charge on any atom is -0.456 e. The van der Waals surface area contributed by atoms with Crippen molar-refractivity contribution in [2.24, 2.45) is 0 Å². The number of hydrogen-bond acceptors (Lipinski definition) is 3.